The van der Waals surface area contributed by atoms with Crippen LogP contribution in [0.4, 0.5) is 0 Å². The summed E-state index contributed by atoms with van der Waals surface area (Å²) in [5, 5.41) is 12.5. The van der Waals surface area contributed by atoms with Gasteiger partial charge in [0.25, 0.3) is 0 Å². The Hall–Kier alpha value is -0.260. The van der Waals surface area contributed by atoms with E-state index >= 15 is 0 Å². The van der Waals surface area contributed by atoms with Crippen LogP contribution in [0.2, 0.25) is 0 Å². The Kier molecular flexibility index (Phi) is 5.08. The van der Waals surface area contributed by atoms with Gasteiger partial charge in [0.2, 0.25) is 5.91 Å². The zero-order valence-corrected chi connectivity index (χ0v) is 10.8. The molecule has 4 nitrogen and oxygen atoms in total. The lowest BCUT2D eigenvalue weighted by Gasteiger charge is -2.29. The number of nitrogens with one attached hydrogen (secondary N) is 1. The molecule has 0 bridgehead atoms. The number of rotatable bonds is 6. The molecule has 0 aromatic rings. The van der Waals surface area contributed by atoms with Crippen LogP contribution < -0.4 is 11.1 Å². The van der Waals surface area contributed by atoms with Crippen LogP contribution in [0.1, 0.15) is 33.1 Å². The standard InChI is InChI=1S/C11H22N2O2S/c1-8(2)13-11(10(12)15)4-3-9(7-11)16-6-5-14/h8-9,13-14H,3-7H2,1-2H3,(H2,12,15). The summed E-state index contributed by atoms with van der Waals surface area (Å²) in [6.45, 7) is 4.25. The van der Waals surface area contributed by atoms with E-state index < -0.39 is 5.54 Å². The van der Waals surface area contributed by atoms with Crippen LogP contribution in [0.3, 0.4) is 0 Å². The van der Waals surface area contributed by atoms with Crippen LogP contribution in [0.5, 0.6) is 0 Å². The lowest BCUT2D eigenvalue weighted by molar-refractivity contribution is -0.124. The monoisotopic (exact) mass is 246 g/mol. The fourth-order valence-electron chi connectivity index (χ4n) is 2.34. The summed E-state index contributed by atoms with van der Waals surface area (Å²) in [5.74, 6) is 0.495. The summed E-state index contributed by atoms with van der Waals surface area (Å²) in [5.41, 5.74) is 4.99. The number of primary amides is 1. The van der Waals surface area contributed by atoms with E-state index in [1.807, 2.05) is 13.8 Å². The molecule has 4 N–H and O–H groups in total. The molecule has 0 radical (unpaired) electrons. The molecule has 0 aliphatic heterocycles. The predicted octanol–water partition coefficient (Wildman–Crippen LogP) is 0.486. The fourth-order valence-corrected chi connectivity index (χ4v) is 3.47. The second-order valence-corrected chi connectivity index (χ2v) is 6.11. The van der Waals surface area contributed by atoms with E-state index in [0.29, 0.717) is 5.25 Å². The normalized spacial score (nSPS) is 29.9. The molecule has 1 aliphatic carbocycles. The first-order valence-electron chi connectivity index (χ1n) is 5.80. The van der Waals surface area contributed by atoms with Gasteiger partial charge in [0.1, 0.15) is 0 Å². The predicted molar refractivity (Wildman–Crippen MR) is 67.4 cm³/mol. The smallest absolute Gasteiger partial charge is 0.237 e. The molecule has 2 atom stereocenters. The third kappa shape index (κ3) is 3.37. The van der Waals surface area contributed by atoms with Crippen molar-refractivity contribution in [3.63, 3.8) is 0 Å². The molecular formula is C11H22N2O2S. The Morgan fingerprint density at radius 2 is 2.38 bits per heavy atom. The highest BCUT2D eigenvalue weighted by molar-refractivity contribution is 7.99. The highest BCUT2D eigenvalue weighted by Crippen LogP contribution is 2.37. The van der Waals surface area contributed by atoms with Gasteiger partial charge in [-0.25, -0.2) is 0 Å². The van der Waals surface area contributed by atoms with Gasteiger partial charge in [0.15, 0.2) is 0 Å². The van der Waals surface area contributed by atoms with E-state index in [9.17, 15) is 4.79 Å². The number of amides is 1. The number of carbonyl (C=O) groups excluding carboxylic acids is 1. The minimum Gasteiger partial charge on any atom is -0.396 e. The summed E-state index contributed by atoms with van der Waals surface area (Å²) < 4.78 is 0. The third-order valence-electron chi connectivity index (χ3n) is 2.95. The quantitative estimate of drug-likeness (QED) is 0.637. The molecule has 1 fully saturated rings. The van der Waals surface area contributed by atoms with Crippen LogP contribution in [0.15, 0.2) is 0 Å². The lowest BCUT2D eigenvalue weighted by Crippen LogP contribution is -2.56. The van der Waals surface area contributed by atoms with Crippen LogP contribution in [-0.4, -0.2) is 40.2 Å². The van der Waals surface area contributed by atoms with Gasteiger partial charge in [-0.05, 0) is 33.1 Å². The first kappa shape index (κ1) is 13.8. The Balaban J connectivity index is 2.58. The molecule has 5 heteroatoms. The molecule has 0 heterocycles. The molecule has 2 unspecified atom stereocenters. The van der Waals surface area contributed by atoms with E-state index in [4.69, 9.17) is 10.8 Å². The average molecular weight is 246 g/mol. The van der Waals surface area contributed by atoms with Crippen molar-refractivity contribution in [3.05, 3.63) is 0 Å². The van der Waals surface area contributed by atoms with Crippen molar-refractivity contribution >= 4 is 17.7 Å². The van der Waals surface area contributed by atoms with Gasteiger partial charge in [-0.15, -0.1) is 0 Å². The van der Waals surface area contributed by atoms with Crippen LogP contribution in [-0.2, 0) is 4.79 Å². The van der Waals surface area contributed by atoms with Gasteiger partial charge in [0, 0.05) is 17.0 Å². The first-order valence-corrected chi connectivity index (χ1v) is 6.85. The topological polar surface area (TPSA) is 75.3 Å². The summed E-state index contributed by atoms with van der Waals surface area (Å²) in [6.07, 6.45) is 2.59. The van der Waals surface area contributed by atoms with Gasteiger partial charge in [-0.2, -0.15) is 11.8 Å². The maximum Gasteiger partial charge on any atom is 0.237 e. The van der Waals surface area contributed by atoms with Crippen LogP contribution in [0, 0.1) is 0 Å². The summed E-state index contributed by atoms with van der Waals surface area (Å²) in [4.78, 5) is 11.6. The van der Waals surface area contributed by atoms with Gasteiger partial charge in [-0.1, -0.05) is 0 Å². The van der Waals surface area contributed by atoms with Crippen molar-refractivity contribution in [2.24, 2.45) is 5.73 Å². The number of thioether (sulfide) groups is 1. The maximum atomic E-state index is 11.6. The summed E-state index contributed by atoms with van der Waals surface area (Å²) in [7, 11) is 0. The van der Waals surface area contributed by atoms with Crippen molar-refractivity contribution in [2.75, 3.05) is 12.4 Å². The number of aliphatic hydroxyl groups excluding tert-OH is 1. The first-order chi connectivity index (χ1) is 7.50. The number of aliphatic hydroxyl groups is 1. The molecule has 0 spiro atoms. The minimum atomic E-state index is -0.526. The number of hydrogen-bond acceptors (Lipinski definition) is 4. The molecule has 1 saturated carbocycles. The minimum absolute atomic E-state index is 0.197. The van der Waals surface area contributed by atoms with E-state index in [-0.39, 0.29) is 18.6 Å². The zero-order valence-electron chi connectivity index (χ0n) is 10.0. The second-order valence-electron chi connectivity index (χ2n) is 4.70. The largest absolute Gasteiger partial charge is 0.396 e. The Labute approximate surface area is 101 Å². The van der Waals surface area contributed by atoms with Crippen LogP contribution >= 0.6 is 11.8 Å². The van der Waals surface area contributed by atoms with Crippen molar-refractivity contribution in [1.82, 2.24) is 5.32 Å². The number of hydrogen-bond donors (Lipinski definition) is 3. The van der Waals surface area contributed by atoms with Crippen LogP contribution in [0.25, 0.3) is 0 Å². The van der Waals surface area contributed by atoms with E-state index in [2.05, 4.69) is 5.32 Å². The summed E-state index contributed by atoms with van der Waals surface area (Å²) in [6, 6.07) is 0.258. The van der Waals surface area contributed by atoms with E-state index in [1.165, 1.54) is 0 Å². The molecular weight excluding hydrogens is 224 g/mol. The zero-order chi connectivity index (χ0) is 12.2. The van der Waals surface area contributed by atoms with Crippen molar-refractivity contribution in [1.29, 1.82) is 0 Å². The van der Waals surface area contributed by atoms with E-state index in [1.54, 1.807) is 11.8 Å². The van der Waals surface area contributed by atoms with Crippen molar-refractivity contribution in [2.45, 2.75) is 49.9 Å². The lowest BCUT2D eigenvalue weighted by atomic mass is 9.96. The Bertz CT molecular complexity index is 248. The molecule has 1 rings (SSSR count). The molecule has 0 aromatic carbocycles. The van der Waals surface area contributed by atoms with Crippen molar-refractivity contribution < 1.29 is 9.90 Å². The van der Waals surface area contributed by atoms with Gasteiger partial charge in [0.05, 0.1) is 12.1 Å². The average Bonchev–Trinajstić information content (AvgIpc) is 2.59. The summed E-state index contributed by atoms with van der Waals surface area (Å²) >= 11 is 1.73. The molecule has 1 amide bonds. The second kappa shape index (κ2) is 5.89. The highest BCUT2D eigenvalue weighted by Gasteiger charge is 2.44. The highest BCUT2D eigenvalue weighted by atomic mass is 32.2. The van der Waals surface area contributed by atoms with Gasteiger partial charge in [-0.3, -0.25) is 4.79 Å². The molecule has 16 heavy (non-hydrogen) atoms. The molecule has 0 aromatic heterocycles. The number of carbonyl (C=O) groups is 1. The molecule has 94 valence electrons. The van der Waals surface area contributed by atoms with E-state index in [0.717, 1.165) is 25.0 Å². The van der Waals surface area contributed by atoms with Gasteiger partial charge < -0.3 is 16.2 Å². The Morgan fingerprint density at radius 3 is 2.88 bits per heavy atom. The van der Waals surface area contributed by atoms with Crippen molar-refractivity contribution in [3.8, 4) is 0 Å². The fraction of sp³-hybridized carbons (Fsp3) is 0.909. The maximum absolute atomic E-state index is 11.6. The molecule has 1 aliphatic rings. The van der Waals surface area contributed by atoms with Gasteiger partial charge >= 0.3 is 0 Å². The third-order valence-corrected chi connectivity index (χ3v) is 4.24. The molecule has 0 saturated heterocycles. The Morgan fingerprint density at radius 1 is 1.69 bits per heavy atom. The number of nitrogens with two attached hydrogens (primary N) is 1. The SMILES string of the molecule is CC(C)NC1(C(N)=O)CCC(SCCO)C1.